The maximum Gasteiger partial charge on any atom is 0.241 e. The first kappa shape index (κ1) is 14.9. The van der Waals surface area contributed by atoms with E-state index in [0.29, 0.717) is 14.3 Å². The van der Waals surface area contributed by atoms with E-state index in [1.165, 1.54) is 6.92 Å². The minimum atomic E-state index is -3.61. The van der Waals surface area contributed by atoms with Crippen molar-refractivity contribution >= 4 is 67.1 Å². The summed E-state index contributed by atoms with van der Waals surface area (Å²) in [7, 11) is -3.61. The quantitative estimate of drug-likeness (QED) is 0.597. The van der Waals surface area contributed by atoms with Crippen molar-refractivity contribution in [3.63, 3.8) is 0 Å². The van der Waals surface area contributed by atoms with Gasteiger partial charge in [-0.2, -0.15) is 0 Å². The summed E-state index contributed by atoms with van der Waals surface area (Å²) in [5.74, 6) is 0. The van der Waals surface area contributed by atoms with E-state index < -0.39 is 15.3 Å². The number of rotatable bonds is 4. The molecule has 94 valence electrons. The number of hydrogen-bond acceptors (Lipinski definition) is 3. The summed E-state index contributed by atoms with van der Waals surface area (Å²) in [5, 5.41) is -0.385. The zero-order chi connectivity index (χ0) is 13.2. The van der Waals surface area contributed by atoms with Gasteiger partial charge in [0.2, 0.25) is 10.0 Å². The topological polar surface area (TPSA) is 72.2 Å². The van der Waals surface area contributed by atoms with Crippen LogP contribution >= 0.6 is 46.4 Å². The Bertz CT molecular complexity index is 548. The second kappa shape index (κ2) is 5.68. The fourth-order valence-corrected chi connectivity index (χ4v) is 3.50. The maximum atomic E-state index is 11.9. The van der Waals surface area contributed by atoms with Gasteiger partial charge in [0, 0.05) is 8.59 Å². The molecule has 1 atom stereocenters. The number of anilines is 1. The van der Waals surface area contributed by atoms with Gasteiger partial charge in [-0.3, -0.25) is 4.72 Å². The molecular weight excluding hydrogens is 395 g/mol. The van der Waals surface area contributed by atoms with Crippen molar-refractivity contribution in [1.29, 1.82) is 0 Å². The van der Waals surface area contributed by atoms with Crippen LogP contribution < -0.4 is 10.5 Å². The van der Waals surface area contributed by atoms with Crippen LogP contribution in [0.15, 0.2) is 18.2 Å². The van der Waals surface area contributed by atoms with Crippen LogP contribution in [0.5, 0.6) is 0 Å². The van der Waals surface area contributed by atoms with Crippen molar-refractivity contribution in [3.05, 3.63) is 26.8 Å². The van der Waals surface area contributed by atoms with Crippen molar-refractivity contribution in [2.75, 3.05) is 4.72 Å². The Morgan fingerprint density at radius 3 is 2.65 bits per heavy atom. The average Bonchev–Trinajstić information content (AvgIpc) is 2.21. The summed E-state index contributed by atoms with van der Waals surface area (Å²) < 4.78 is 26.9. The van der Waals surface area contributed by atoms with Gasteiger partial charge in [0.25, 0.3) is 0 Å². The minimum Gasteiger partial charge on any atom is -0.392 e. The highest BCUT2D eigenvalue weighted by atomic mass is 127. The molecule has 0 spiro atoms. The molecule has 0 aliphatic heterocycles. The highest BCUT2D eigenvalue weighted by Gasteiger charge is 2.23. The number of sulfonamides is 1. The molecule has 0 aliphatic rings. The van der Waals surface area contributed by atoms with Crippen LogP contribution in [0.4, 0.5) is 5.69 Å². The lowest BCUT2D eigenvalue weighted by Crippen LogP contribution is -2.35. The molecule has 0 saturated heterocycles. The minimum absolute atomic E-state index is 0.0681. The van der Waals surface area contributed by atoms with Gasteiger partial charge in [0.1, 0.15) is 5.25 Å². The molecule has 0 heterocycles. The second-order valence-electron chi connectivity index (χ2n) is 3.32. The summed E-state index contributed by atoms with van der Waals surface area (Å²) in [6, 6.07) is 4.85. The van der Waals surface area contributed by atoms with Crippen molar-refractivity contribution in [3.8, 4) is 0 Å². The Kier molecular flexibility index (Phi) is 4.99. The van der Waals surface area contributed by atoms with E-state index in [-0.39, 0.29) is 4.99 Å². The zero-order valence-corrected chi connectivity index (χ0v) is 13.3. The van der Waals surface area contributed by atoms with Crippen molar-refractivity contribution < 1.29 is 8.42 Å². The van der Waals surface area contributed by atoms with E-state index in [1.807, 2.05) is 22.6 Å². The Labute approximate surface area is 124 Å². The van der Waals surface area contributed by atoms with Crippen molar-refractivity contribution in [2.24, 2.45) is 5.73 Å². The molecule has 8 heteroatoms. The molecule has 1 rings (SSSR count). The van der Waals surface area contributed by atoms with E-state index in [9.17, 15) is 8.42 Å². The highest BCUT2D eigenvalue weighted by Crippen LogP contribution is 2.23. The molecule has 0 bridgehead atoms. The van der Waals surface area contributed by atoms with Gasteiger partial charge in [0.05, 0.1) is 10.7 Å². The van der Waals surface area contributed by atoms with Gasteiger partial charge in [-0.1, -0.05) is 23.8 Å². The lowest BCUT2D eigenvalue weighted by Gasteiger charge is -2.14. The molecule has 1 aromatic rings. The van der Waals surface area contributed by atoms with Crippen LogP contribution in [0, 0.1) is 3.57 Å². The summed E-state index contributed by atoms with van der Waals surface area (Å²) in [5.41, 5.74) is 5.78. The Hall–Kier alpha value is -0.120. The van der Waals surface area contributed by atoms with E-state index in [1.54, 1.807) is 18.2 Å². The largest absolute Gasteiger partial charge is 0.392 e. The van der Waals surface area contributed by atoms with E-state index >= 15 is 0 Å². The number of benzene rings is 1. The van der Waals surface area contributed by atoms with E-state index in [4.69, 9.17) is 17.3 Å². The third kappa shape index (κ3) is 3.94. The third-order valence-electron chi connectivity index (χ3n) is 2.05. The summed E-state index contributed by atoms with van der Waals surface area (Å²) in [4.78, 5) is -0.0681. The van der Waals surface area contributed by atoms with Crippen LogP contribution in [0.25, 0.3) is 0 Å². The molecule has 4 nitrogen and oxygen atoms in total. The fraction of sp³-hybridized carbons (Fsp3) is 0.222. The van der Waals surface area contributed by atoms with Gasteiger partial charge in [-0.25, -0.2) is 8.42 Å². The molecule has 0 aromatic heterocycles. The molecule has 0 amide bonds. The first-order valence-corrected chi connectivity index (χ1v) is 7.91. The van der Waals surface area contributed by atoms with Gasteiger partial charge < -0.3 is 5.73 Å². The SMILES string of the molecule is CC(C(N)=S)S(=O)(=O)Nc1ccc(Cl)cc1I. The molecule has 3 N–H and O–H groups in total. The average molecular weight is 405 g/mol. The van der Waals surface area contributed by atoms with Crippen LogP contribution in [0.3, 0.4) is 0 Å². The number of nitrogens with two attached hydrogens (primary N) is 1. The molecule has 17 heavy (non-hydrogen) atoms. The predicted octanol–water partition coefficient (Wildman–Crippen LogP) is 2.36. The maximum absolute atomic E-state index is 11.9. The first-order valence-electron chi connectivity index (χ1n) is 4.50. The smallest absolute Gasteiger partial charge is 0.241 e. The standard InChI is InChI=1S/C9H10ClIN2O2S2/c1-5(9(12)16)17(14,15)13-8-3-2-6(10)4-7(8)11/h2-5,13H,1H3,(H2,12,16). The van der Waals surface area contributed by atoms with Crippen LogP contribution in [0.2, 0.25) is 5.02 Å². The molecule has 0 fully saturated rings. The highest BCUT2D eigenvalue weighted by molar-refractivity contribution is 14.1. The monoisotopic (exact) mass is 404 g/mol. The van der Waals surface area contributed by atoms with Crippen molar-refractivity contribution in [2.45, 2.75) is 12.2 Å². The molecular formula is C9H10ClIN2O2S2. The predicted molar refractivity (Wildman–Crippen MR) is 83.0 cm³/mol. The molecule has 1 unspecified atom stereocenters. The van der Waals surface area contributed by atoms with Crippen LogP contribution in [-0.2, 0) is 10.0 Å². The van der Waals surface area contributed by atoms with Crippen LogP contribution in [-0.4, -0.2) is 18.7 Å². The first-order chi connectivity index (χ1) is 7.74. The van der Waals surface area contributed by atoms with Gasteiger partial charge in [-0.05, 0) is 47.7 Å². The molecule has 0 saturated carbocycles. The summed E-state index contributed by atoms with van der Waals surface area (Å²) in [6.45, 7) is 1.44. The third-order valence-corrected chi connectivity index (χ3v) is 5.37. The Morgan fingerprint density at radius 1 is 1.59 bits per heavy atom. The van der Waals surface area contributed by atoms with Gasteiger partial charge in [-0.15, -0.1) is 0 Å². The molecule has 0 radical (unpaired) electrons. The van der Waals surface area contributed by atoms with Crippen molar-refractivity contribution in [1.82, 2.24) is 0 Å². The summed E-state index contributed by atoms with van der Waals surface area (Å²) in [6.07, 6.45) is 0. The van der Waals surface area contributed by atoms with E-state index in [0.717, 1.165) is 0 Å². The normalized spacial score (nSPS) is 13.1. The second-order valence-corrected chi connectivity index (χ2v) is 7.39. The summed E-state index contributed by atoms with van der Waals surface area (Å²) >= 11 is 12.4. The molecule has 0 aliphatic carbocycles. The lowest BCUT2D eigenvalue weighted by molar-refractivity contribution is 0.598. The van der Waals surface area contributed by atoms with Crippen LogP contribution in [0.1, 0.15) is 6.92 Å². The Balaban J connectivity index is 3.02. The van der Waals surface area contributed by atoms with Gasteiger partial charge in [0.15, 0.2) is 0 Å². The number of halogens is 2. The Morgan fingerprint density at radius 2 is 2.18 bits per heavy atom. The van der Waals surface area contributed by atoms with E-state index in [2.05, 4.69) is 16.9 Å². The number of nitrogens with one attached hydrogen (secondary N) is 1. The fourth-order valence-electron chi connectivity index (χ4n) is 0.967. The zero-order valence-electron chi connectivity index (χ0n) is 8.78. The number of hydrogen-bond donors (Lipinski definition) is 2. The van der Waals surface area contributed by atoms with Gasteiger partial charge >= 0.3 is 0 Å². The lowest BCUT2D eigenvalue weighted by atomic mass is 10.3. The number of thiocarbonyl (C=S) groups is 1. The molecule has 1 aromatic carbocycles.